The van der Waals surface area contributed by atoms with Gasteiger partial charge in [0.05, 0.1) is 19.3 Å². The van der Waals surface area contributed by atoms with Crippen molar-refractivity contribution in [3.8, 4) is 0 Å². The number of amides is 2. The van der Waals surface area contributed by atoms with Gasteiger partial charge < -0.3 is 20.2 Å². The number of hydrogen-bond donors (Lipinski definition) is 4. The minimum absolute atomic E-state index is 0.160. The molecule has 9 nitrogen and oxygen atoms in total. The lowest BCUT2D eigenvalue weighted by atomic mass is 10.0. The van der Waals surface area contributed by atoms with Crippen molar-refractivity contribution in [3.63, 3.8) is 0 Å². The fraction of sp³-hybridized carbons (Fsp3) is 0.882. The maximum Gasteiger partial charge on any atom is 0.407 e. The largest absolute Gasteiger partial charge is 0.444 e. The van der Waals surface area contributed by atoms with Crippen LogP contribution in [0, 0.1) is 0 Å². The zero-order valence-corrected chi connectivity index (χ0v) is 16.4. The zero-order valence-electron chi connectivity index (χ0n) is 16.4. The van der Waals surface area contributed by atoms with E-state index >= 15 is 0 Å². The average molecular weight is 374 g/mol. The van der Waals surface area contributed by atoms with E-state index in [9.17, 15) is 9.59 Å². The van der Waals surface area contributed by atoms with E-state index in [1.807, 2.05) is 0 Å². The molecule has 2 atom stereocenters. The molecule has 0 spiro atoms. The van der Waals surface area contributed by atoms with Crippen molar-refractivity contribution in [3.05, 3.63) is 0 Å². The van der Waals surface area contributed by atoms with Gasteiger partial charge in [-0.3, -0.25) is 9.63 Å². The monoisotopic (exact) mass is 374 g/mol. The Hall–Kier alpha value is -1.42. The van der Waals surface area contributed by atoms with Crippen molar-refractivity contribution in [2.24, 2.45) is 0 Å². The van der Waals surface area contributed by atoms with Gasteiger partial charge in [-0.2, -0.15) is 5.48 Å². The molecule has 0 radical (unpaired) electrons. The van der Waals surface area contributed by atoms with Gasteiger partial charge in [0.1, 0.15) is 5.60 Å². The Morgan fingerprint density at radius 1 is 1.15 bits per heavy atom. The molecule has 152 valence electrons. The summed E-state index contributed by atoms with van der Waals surface area (Å²) < 4.78 is 5.09. The highest BCUT2D eigenvalue weighted by atomic mass is 16.7. The Kier molecular flexibility index (Phi) is 10.5. The maximum absolute atomic E-state index is 12.0. The molecule has 1 rings (SSSR count). The van der Waals surface area contributed by atoms with Crippen LogP contribution in [0.2, 0.25) is 0 Å². The van der Waals surface area contributed by atoms with E-state index in [0.29, 0.717) is 19.6 Å². The number of piperidine rings is 1. The van der Waals surface area contributed by atoms with Crippen LogP contribution in [0.3, 0.4) is 0 Å². The summed E-state index contributed by atoms with van der Waals surface area (Å²) in [5, 5.41) is 5.72. The molecule has 0 bridgehead atoms. The summed E-state index contributed by atoms with van der Waals surface area (Å²) in [6.45, 7) is 9.24. The van der Waals surface area contributed by atoms with Crippen LogP contribution in [0.15, 0.2) is 0 Å². The Morgan fingerprint density at radius 2 is 1.92 bits per heavy atom. The maximum atomic E-state index is 12.0. The van der Waals surface area contributed by atoms with Crippen LogP contribution in [-0.4, -0.2) is 56.0 Å². The molecular formula is C17H34N4O5. The molecule has 1 unspecified atom stereocenters. The van der Waals surface area contributed by atoms with Crippen molar-refractivity contribution < 1.29 is 24.0 Å². The highest BCUT2D eigenvalue weighted by molar-refractivity contribution is 5.80. The molecule has 4 N–H and O–H groups in total. The second-order valence-corrected chi connectivity index (χ2v) is 7.30. The predicted octanol–water partition coefficient (Wildman–Crippen LogP) is 1.00. The van der Waals surface area contributed by atoms with E-state index in [1.165, 1.54) is 0 Å². The second-order valence-electron chi connectivity index (χ2n) is 7.30. The fourth-order valence-electron chi connectivity index (χ4n) is 2.29. The van der Waals surface area contributed by atoms with Gasteiger partial charge >= 0.3 is 6.09 Å². The van der Waals surface area contributed by atoms with Gasteiger partial charge in [0.25, 0.3) is 5.91 Å². The van der Waals surface area contributed by atoms with Crippen LogP contribution in [0.4, 0.5) is 4.79 Å². The van der Waals surface area contributed by atoms with Crippen LogP contribution >= 0.6 is 0 Å². The highest BCUT2D eigenvalue weighted by Crippen LogP contribution is 2.09. The fourth-order valence-corrected chi connectivity index (χ4v) is 2.29. The number of alkyl carbamates (subject to hydrolysis) is 1. The predicted molar refractivity (Wildman–Crippen MR) is 97.1 cm³/mol. The number of unbranched alkanes of at least 4 members (excludes halogenated alkanes) is 1. The SMILES string of the molecule is CCCCON[C@@H]1CCC(C(=O)NOCCNC(=O)OC(C)(C)C)NC1. The summed E-state index contributed by atoms with van der Waals surface area (Å²) >= 11 is 0. The Bertz CT molecular complexity index is 420. The van der Waals surface area contributed by atoms with E-state index in [-0.39, 0.29) is 31.1 Å². The summed E-state index contributed by atoms with van der Waals surface area (Å²) in [6.07, 6.45) is 3.15. The number of carbonyl (C=O) groups is 2. The van der Waals surface area contributed by atoms with E-state index in [1.54, 1.807) is 20.8 Å². The third kappa shape index (κ3) is 10.5. The third-order valence-electron chi connectivity index (χ3n) is 3.63. The molecule has 0 aromatic heterocycles. The number of hydroxylamine groups is 2. The van der Waals surface area contributed by atoms with Crippen molar-refractivity contribution in [2.75, 3.05) is 26.3 Å². The van der Waals surface area contributed by atoms with Crippen molar-refractivity contribution in [2.45, 2.75) is 71.1 Å². The molecule has 0 aliphatic carbocycles. The Balaban J connectivity index is 2.06. The first kappa shape index (κ1) is 22.6. The van der Waals surface area contributed by atoms with Crippen LogP contribution < -0.4 is 21.6 Å². The summed E-state index contributed by atoms with van der Waals surface area (Å²) in [5.74, 6) is -0.215. The van der Waals surface area contributed by atoms with Gasteiger partial charge in [-0.25, -0.2) is 10.3 Å². The van der Waals surface area contributed by atoms with Gasteiger partial charge in [-0.05, 0) is 40.0 Å². The van der Waals surface area contributed by atoms with Gasteiger partial charge in [-0.1, -0.05) is 13.3 Å². The number of ether oxygens (including phenoxy) is 1. The smallest absolute Gasteiger partial charge is 0.407 e. The average Bonchev–Trinajstić information content (AvgIpc) is 2.57. The standard InChI is InChI=1S/C17H34N4O5/c1-5-6-10-24-20-13-7-8-14(19-12-13)15(22)21-25-11-9-18-16(23)26-17(2,3)4/h13-14,19-20H,5-12H2,1-4H3,(H,18,23)(H,21,22)/t13-,14?/m1/s1. The van der Waals surface area contributed by atoms with Crippen molar-refractivity contribution in [1.29, 1.82) is 0 Å². The third-order valence-corrected chi connectivity index (χ3v) is 3.63. The number of rotatable bonds is 10. The lowest BCUT2D eigenvalue weighted by molar-refractivity contribution is -0.136. The van der Waals surface area contributed by atoms with E-state index in [4.69, 9.17) is 14.4 Å². The normalized spacial score (nSPS) is 20.5. The molecule has 1 heterocycles. The van der Waals surface area contributed by atoms with Crippen LogP contribution in [0.25, 0.3) is 0 Å². The molecule has 0 saturated carbocycles. The first-order chi connectivity index (χ1) is 12.3. The van der Waals surface area contributed by atoms with Crippen molar-refractivity contribution in [1.82, 2.24) is 21.6 Å². The zero-order chi connectivity index (χ0) is 19.4. The van der Waals surface area contributed by atoms with Gasteiger partial charge in [0.15, 0.2) is 0 Å². The molecule has 1 fully saturated rings. The quantitative estimate of drug-likeness (QED) is 0.334. The Labute approximate surface area is 155 Å². The molecule has 1 aliphatic heterocycles. The van der Waals surface area contributed by atoms with E-state index in [0.717, 1.165) is 19.3 Å². The molecule has 0 aromatic rings. The van der Waals surface area contributed by atoms with Gasteiger partial charge in [0, 0.05) is 19.1 Å². The first-order valence-corrected chi connectivity index (χ1v) is 9.31. The topological polar surface area (TPSA) is 110 Å². The lowest BCUT2D eigenvalue weighted by Crippen LogP contribution is -2.53. The molecule has 26 heavy (non-hydrogen) atoms. The van der Waals surface area contributed by atoms with Gasteiger partial charge in [-0.15, -0.1) is 0 Å². The number of carbonyl (C=O) groups excluding carboxylic acids is 2. The second kappa shape index (κ2) is 12.1. The molecular weight excluding hydrogens is 340 g/mol. The number of hydrogen-bond acceptors (Lipinski definition) is 7. The molecule has 1 aliphatic rings. The molecule has 9 heteroatoms. The van der Waals surface area contributed by atoms with Crippen LogP contribution in [0.5, 0.6) is 0 Å². The number of nitrogens with one attached hydrogen (secondary N) is 4. The minimum Gasteiger partial charge on any atom is -0.444 e. The van der Waals surface area contributed by atoms with Crippen LogP contribution in [0.1, 0.15) is 53.4 Å². The van der Waals surface area contributed by atoms with Gasteiger partial charge in [0.2, 0.25) is 0 Å². The molecule has 2 amide bonds. The minimum atomic E-state index is -0.542. The van der Waals surface area contributed by atoms with E-state index in [2.05, 4.69) is 28.5 Å². The van der Waals surface area contributed by atoms with Crippen molar-refractivity contribution >= 4 is 12.0 Å². The summed E-state index contributed by atoms with van der Waals surface area (Å²) in [5.41, 5.74) is 4.89. The molecule has 0 aromatic carbocycles. The van der Waals surface area contributed by atoms with E-state index < -0.39 is 11.7 Å². The van der Waals surface area contributed by atoms with Crippen LogP contribution in [-0.2, 0) is 19.2 Å². The summed E-state index contributed by atoms with van der Waals surface area (Å²) in [7, 11) is 0. The Morgan fingerprint density at radius 3 is 2.54 bits per heavy atom. The lowest BCUT2D eigenvalue weighted by Gasteiger charge is -2.29. The highest BCUT2D eigenvalue weighted by Gasteiger charge is 2.25. The molecule has 1 saturated heterocycles. The summed E-state index contributed by atoms with van der Waals surface area (Å²) in [6, 6.07) is -0.0858. The first-order valence-electron chi connectivity index (χ1n) is 9.31. The summed E-state index contributed by atoms with van der Waals surface area (Å²) in [4.78, 5) is 34.0.